The zero-order valence-corrected chi connectivity index (χ0v) is 10.3. The Morgan fingerprint density at radius 1 is 1.56 bits per heavy atom. The van der Waals surface area contributed by atoms with Gasteiger partial charge in [-0.15, -0.1) is 0 Å². The number of rotatable bonds is 6. The lowest BCUT2D eigenvalue weighted by Crippen LogP contribution is -2.37. The molecule has 0 fully saturated rings. The second-order valence-electron chi connectivity index (χ2n) is 4.61. The Kier molecular flexibility index (Phi) is 4.44. The molecule has 1 rings (SSSR count). The molecule has 5 heteroatoms. The van der Waals surface area contributed by atoms with E-state index in [0.717, 1.165) is 12.2 Å². The first-order valence-corrected chi connectivity index (χ1v) is 5.78. The molecule has 3 N–H and O–H groups in total. The molecule has 1 heterocycles. The molecule has 0 saturated heterocycles. The number of hydrogen-bond donors (Lipinski definition) is 2. The van der Waals surface area contributed by atoms with Crippen LogP contribution in [0.15, 0.2) is 6.33 Å². The minimum atomic E-state index is -0.264. The Morgan fingerprint density at radius 2 is 2.25 bits per heavy atom. The standard InChI is InChI=1S/C11H22N4O/c1-4-11(6-12,7-16)5-10-13-8-14-15(10)9(2)3/h8-9,16H,4-7,12H2,1-3H3. The van der Waals surface area contributed by atoms with Crippen molar-refractivity contribution in [2.75, 3.05) is 13.2 Å². The molecule has 0 spiro atoms. The van der Waals surface area contributed by atoms with Crippen LogP contribution in [0.2, 0.25) is 0 Å². The van der Waals surface area contributed by atoms with E-state index in [9.17, 15) is 5.11 Å². The van der Waals surface area contributed by atoms with E-state index in [1.807, 2.05) is 11.6 Å². The third-order valence-corrected chi connectivity index (χ3v) is 3.19. The fourth-order valence-electron chi connectivity index (χ4n) is 1.74. The van der Waals surface area contributed by atoms with Gasteiger partial charge in [0.05, 0.1) is 6.61 Å². The third kappa shape index (κ3) is 2.59. The highest BCUT2D eigenvalue weighted by atomic mass is 16.3. The number of aliphatic hydroxyl groups is 1. The average molecular weight is 226 g/mol. The molecule has 1 unspecified atom stereocenters. The molecule has 5 nitrogen and oxygen atoms in total. The first kappa shape index (κ1) is 13.1. The summed E-state index contributed by atoms with van der Waals surface area (Å²) in [6.07, 6.45) is 3.07. The van der Waals surface area contributed by atoms with E-state index in [1.165, 1.54) is 0 Å². The smallest absolute Gasteiger partial charge is 0.138 e. The minimum absolute atomic E-state index is 0.0882. The zero-order chi connectivity index (χ0) is 12.2. The van der Waals surface area contributed by atoms with Gasteiger partial charge < -0.3 is 10.8 Å². The Morgan fingerprint density at radius 3 is 2.69 bits per heavy atom. The molecule has 0 aliphatic heterocycles. The quantitative estimate of drug-likeness (QED) is 0.750. The highest BCUT2D eigenvalue weighted by molar-refractivity contribution is 4.95. The number of hydrogen-bond acceptors (Lipinski definition) is 4. The van der Waals surface area contributed by atoms with Crippen molar-refractivity contribution in [3.05, 3.63) is 12.2 Å². The van der Waals surface area contributed by atoms with Gasteiger partial charge in [0.1, 0.15) is 12.2 Å². The van der Waals surface area contributed by atoms with Crippen LogP contribution in [-0.4, -0.2) is 33.0 Å². The molecule has 0 bridgehead atoms. The Hall–Kier alpha value is -0.940. The molecular weight excluding hydrogens is 204 g/mol. The molecule has 92 valence electrons. The first-order valence-electron chi connectivity index (χ1n) is 5.78. The van der Waals surface area contributed by atoms with Gasteiger partial charge in [0.15, 0.2) is 0 Å². The lowest BCUT2D eigenvalue weighted by atomic mass is 9.82. The van der Waals surface area contributed by atoms with E-state index in [4.69, 9.17) is 5.73 Å². The summed E-state index contributed by atoms with van der Waals surface area (Å²) in [6.45, 7) is 6.72. The van der Waals surface area contributed by atoms with Crippen molar-refractivity contribution in [2.24, 2.45) is 11.1 Å². The van der Waals surface area contributed by atoms with E-state index in [0.29, 0.717) is 13.0 Å². The van der Waals surface area contributed by atoms with Crippen LogP contribution in [0.1, 0.15) is 39.1 Å². The van der Waals surface area contributed by atoms with Crippen LogP contribution in [0.25, 0.3) is 0 Å². The summed E-state index contributed by atoms with van der Waals surface area (Å²) in [5.41, 5.74) is 5.49. The Labute approximate surface area is 96.7 Å². The maximum atomic E-state index is 9.47. The maximum Gasteiger partial charge on any atom is 0.138 e. The van der Waals surface area contributed by atoms with Gasteiger partial charge in [-0.05, 0) is 20.3 Å². The van der Waals surface area contributed by atoms with Crippen LogP contribution in [0.4, 0.5) is 0 Å². The van der Waals surface area contributed by atoms with Crippen molar-refractivity contribution in [2.45, 2.75) is 39.7 Å². The third-order valence-electron chi connectivity index (χ3n) is 3.19. The summed E-state index contributed by atoms with van der Waals surface area (Å²) in [7, 11) is 0. The van der Waals surface area contributed by atoms with Crippen LogP contribution < -0.4 is 5.73 Å². The van der Waals surface area contributed by atoms with Gasteiger partial charge >= 0.3 is 0 Å². The Bertz CT molecular complexity index is 309. The van der Waals surface area contributed by atoms with Crippen LogP contribution in [0, 0.1) is 5.41 Å². The second-order valence-corrected chi connectivity index (χ2v) is 4.61. The van der Waals surface area contributed by atoms with Gasteiger partial charge in [0.2, 0.25) is 0 Å². The normalized spacial score (nSPS) is 15.4. The monoisotopic (exact) mass is 226 g/mol. The van der Waals surface area contributed by atoms with Gasteiger partial charge in [-0.25, -0.2) is 9.67 Å². The van der Waals surface area contributed by atoms with Crippen molar-refractivity contribution in [1.29, 1.82) is 0 Å². The zero-order valence-electron chi connectivity index (χ0n) is 10.3. The van der Waals surface area contributed by atoms with Crippen LogP contribution in [0.3, 0.4) is 0 Å². The van der Waals surface area contributed by atoms with E-state index in [2.05, 4.69) is 23.9 Å². The number of aromatic nitrogens is 3. The summed E-state index contributed by atoms with van der Waals surface area (Å²) >= 11 is 0. The number of nitrogens with two attached hydrogens (primary N) is 1. The van der Waals surface area contributed by atoms with Crippen molar-refractivity contribution >= 4 is 0 Å². The molecule has 0 saturated carbocycles. The molecule has 0 aliphatic carbocycles. The number of aliphatic hydroxyl groups excluding tert-OH is 1. The Balaban J connectivity index is 2.89. The molecule has 0 aliphatic rings. The summed E-state index contributed by atoms with van der Waals surface area (Å²) in [5, 5.41) is 13.7. The van der Waals surface area contributed by atoms with E-state index in [1.54, 1.807) is 6.33 Å². The van der Waals surface area contributed by atoms with Gasteiger partial charge in [-0.3, -0.25) is 0 Å². The van der Waals surface area contributed by atoms with Crippen molar-refractivity contribution < 1.29 is 5.11 Å². The van der Waals surface area contributed by atoms with E-state index < -0.39 is 0 Å². The molecule has 16 heavy (non-hydrogen) atoms. The van der Waals surface area contributed by atoms with Gasteiger partial charge in [0, 0.05) is 24.4 Å². The minimum Gasteiger partial charge on any atom is -0.396 e. The van der Waals surface area contributed by atoms with Gasteiger partial charge in [0.25, 0.3) is 0 Å². The highest BCUT2D eigenvalue weighted by Gasteiger charge is 2.28. The van der Waals surface area contributed by atoms with Gasteiger partial charge in [-0.1, -0.05) is 6.92 Å². The summed E-state index contributed by atoms with van der Waals surface area (Å²) in [6, 6.07) is 0.281. The molecule has 0 amide bonds. The van der Waals surface area contributed by atoms with Crippen LogP contribution >= 0.6 is 0 Å². The summed E-state index contributed by atoms with van der Waals surface area (Å²) in [5.74, 6) is 0.899. The average Bonchev–Trinajstić information content (AvgIpc) is 2.74. The van der Waals surface area contributed by atoms with Crippen molar-refractivity contribution in [3.63, 3.8) is 0 Å². The maximum absolute atomic E-state index is 9.47. The number of nitrogens with zero attached hydrogens (tertiary/aromatic N) is 3. The molecule has 1 aromatic heterocycles. The molecule has 0 aromatic carbocycles. The lowest BCUT2D eigenvalue weighted by Gasteiger charge is -2.28. The predicted octanol–water partition coefficient (Wildman–Crippen LogP) is 0.749. The van der Waals surface area contributed by atoms with E-state index >= 15 is 0 Å². The molecule has 0 radical (unpaired) electrons. The highest BCUT2D eigenvalue weighted by Crippen LogP contribution is 2.25. The first-order chi connectivity index (χ1) is 7.58. The summed E-state index contributed by atoms with van der Waals surface area (Å²) < 4.78 is 1.88. The van der Waals surface area contributed by atoms with Crippen LogP contribution in [-0.2, 0) is 6.42 Å². The van der Waals surface area contributed by atoms with Crippen molar-refractivity contribution in [3.8, 4) is 0 Å². The molecule has 1 atom stereocenters. The second kappa shape index (κ2) is 5.41. The largest absolute Gasteiger partial charge is 0.396 e. The predicted molar refractivity (Wildman–Crippen MR) is 63.0 cm³/mol. The molecule has 1 aromatic rings. The van der Waals surface area contributed by atoms with Crippen molar-refractivity contribution in [1.82, 2.24) is 14.8 Å². The fraction of sp³-hybridized carbons (Fsp3) is 0.818. The van der Waals surface area contributed by atoms with E-state index in [-0.39, 0.29) is 18.1 Å². The van der Waals surface area contributed by atoms with Crippen LogP contribution in [0.5, 0.6) is 0 Å². The lowest BCUT2D eigenvalue weighted by molar-refractivity contribution is 0.123. The summed E-state index contributed by atoms with van der Waals surface area (Å²) in [4.78, 5) is 4.25. The van der Waals surface area contributed by atoms with Gasteiger partial charge in [-0.2, -0.15) is 5.10 Å². The fourth-order valence-corrected chi connectivity index (χ4v) is 1.74. The SMILES string of the molecule is CCC(CN)(CO)Cc1ncnn1C(C)C. The molecular formula is C11H22N4O. The topological polar surface area (TPSA) is 77.0 Å².